The van der Waals surface area contributed by atoms with Crippen molar-refractivity contribution in [3.05, 3.63) is 28.6 Å². The number of carbonyl (C=O) groups excluding carboxylic acids is 1. The highest BCUT2D eigenvalue weighted by Gasteiger charge is 2.16. The van der Waals surface area contributed by atoms with Crippen LogP contribution in [0, 0.1) is 0 Å². The first-order valence-electron chi connectivity index (χ1n) is 6.39. The van der Waals surface area contributed by atoms with E-state index in [9.17, 15) is 9.90 Å². The van der Waals surface area contributed by atoms with Gasteiger partial charge in [0, 0.05) is 18.7 Å². The Balaban J connectivity index is 2.34. The highest BCUT2D eigenvalue weighted by atomic mass is 35.5. The first kappa shape index (κ1) is 15.6. The molecule has 2 N–H and O–H groups in total. The number of nitrogens with one attached hydrogen (secondary N) is 1. The minimum atomic E-state index is -0.0395. The van der Waals surface area contributed by atoms with Crippen LogP contribution in [0.2, 0.25) is 5.02 Å². The summed E-state index contributed by atoms with van der Waals surface area (Å²) in [5.74, 6) is -0.0764. The summed E-state index contributed by atoms with van der Waals surface area (Å²) < 4.78 is 0. The van der Waals surface area contributed by atoms with Gasteiger partial charge in [0.25, 0.3) is 0 Å². The van der Waals surface area contributed by atoms with Gasteiger partial charge >= 0.3 is 0 Å². The Bertz CT molecular complexity index is 657. The van der Waals surface area contributed by atoms with Gasteiger partial charge in [-0.3, -0.25) is 4.79 Å². The van der Waals surface area contributed by atoms with Crippen molar-refractivity contribution in [3.8, 4) is 5.88 Å². The SMILES string of the molecule is CC(=O)N(c1ccc(Cl)c(Nc2nc(O)cs2)c1)C(C)C. The van der Waals surface area contributed by atoms with Gasteiger partial charge in [0.15, 0.2) is 5.13 Å². The summed E-state index contributed by atoms with van der Waals surface area (Å²) in [6.45, 7) is 5.42. The third-order valence-electron chi connectivity index (χ3n) is 2.82. The lowest BCUT2D eigenvalue weighted by molar-refractivity contribution is -0.116. The fourth-order valence-electron chi connectivity index (χ4n) is 2.04. The Labute approximate surface area is 132 Å². The topological polar surface area (TPSA) is 65.5 Å². The van der Waals surface area contributed by atoms with E-state index in [1.165, 1.54) is 23.6 Å². The second-order valence-electron chi connectivity index (χ2n) is 4.78. The molecular formula is C14H16ClN3O2S. The molecule has 2 rings (SSSR count). The molecule has 1 amide bonds. The molecule has 0 bridgehead atoms. The van der Waals surface area contributed by atoms with Crippen molar-refractivity contribution in [2.45, 2.75) is 26.8 Å². The number of hydrogen-bond donors (Lipinski definition) is 2. The quantitative estimate of drug-likeness (QED) is 0.891. The number of aromatic hydroxyl groups is 1. The van der Waals surface area contributed by atoms with E-state index in [0.29, 0.717) is 15.8 Å². The van der Waals surface area contributed by atoms with Gasteiger partial charge < -0.3 is 15.3 Å². The normalized spacial score (nSPS) is 10.7. The van der Waals surface area contributed by atoms with Gasteiger partial charge in [-0.2, -0.15) is 4.98 Å². The van der Waals surface area contributed by atoms with Crippen molar-refractivity contribution in [1.82, 2.24) is 4.98 Å². The highest BCUT2D eigenvalue weighted by molar-refractivity contribution is 7.14. The van der Waals surface area contributed by atoms with Crippen LogP contribution in [0.5, 0.6) is 5.88 Å². The van der Waals surface area contributed by atoms with E-state index >= 15 is 0 Å². The third kappa shape index (κ3) is 3.65. The summed E-state index contributed by atoms with van der Waals surface area (Å²) in [7, 11) is 0. The van der Waals surface area contributed by atoms with Crippen LogP contribution in [-0.4, -0.2) is 22.0 Å². The number of nitrogens with zero attached hydrogens (tertiary/aromatic N) is 2. The molecule has 21 heavy (non-hydrogen) atoms. The Kier molecular flexibility index (Phi) is 4.69. The van der Waals surface area contributed by atoms with Crippen LogP contribution in [0.1, 0.15) is 20.8 Å². The van der Waals surface area contributed by atoms with Gasteiger partial charge in [0.2, 0.25) is 11.8 Å². The summed E-state index contributed by atoms with van der Waals surface area (Å²) in [5, 5.41) is 14.9. The molecule has 1 heterocycles. The van der Waals surface area contributed by atoms with Crippen LogP contribution in [0.15, 0.2) is 23.6 Å². The van der Waals surface area contributed by atoms with Gasteiger partial charge in [0.05, 0.1) is 16.1 Å². The summed E-state index contributed by atoms with van der Waals surface area (Å²) >= 11 is 7.43. The minimum Gasteiger partial charge on any atom is -0.493 e. The van der Waals surface area contributed by atoms with Crippen LogP contribution in [0.25, 0.3) is 0 Å². The van der Waals surface area contributed by atoms with Gasteiger partial charge in [0.1, 0.15) is 0 Å². The molecule has 0 saturated heterocycles. The number of amides is 1. The molecule has 5 nitrogen and oxygen atoms in total. The maximum atomic E-state index is 11.8. The molecule has 0 fully saturated rings. The van der Waals surface area contributed by atoms with E-state index in [1.54, 1.807) is 23.1 Å². The Hall–Kier alpha value is -1.79. The van der Waals surface area contributed by atoms with Crippen molar-refractivity contribution < 1.29 is 9.90 Å². The maximum absolute atomic E-state index is 11.8. The molecule has 0 saturated carbocycles. The molecule has 0 radical (unpaired) electrons. The van der Waals surface area contributed by atoms with E-state index in [2.05, 4.69) is 10.3 Å². The molecule has 0 atom stereocenters. The van der Waals surface area contributed by atoms with Gasteiger partial charge in [-0.25, -0.2) is 0 Å². The zero-order valence-electron chi connectivity index (χ0n) is 11.9. The van der Waals surface area contributed by atoms with Gasteiger partial charge in [-0.15, -0.1) is 11.3 Å². The summed E-state index contributed by atoms with van der Waals surface area (Å²) in [6.07, 6.45) is 0. The lowest BCUT2D eigenvalue weighted by Gasteiger charge is -2.26. The van der Waals surface area contributed by atoms with Crippen LogP contribution in [0.4, 0.5) is 16.5 Å². The number of hydrogen-bond acceptors (Lipinski definition) is 5. The van der Waals surface area contributed by atoms with Crippen LogP contribution in [0.3, 0.4) is 0 Å². The van der Waals surface area contributed by atoms with Crippen molar-refractivity contribution >= 4 is 45.4 Å². The zero-order chi connectivity index (χ0) is 15.6. The fraction of sp³-hybridized carbons (Fsp3) is 0.286. The first-order chi connectivity index (χ1) is 9.88. The minimum absolute atomic E-state index is 0.0369. The van der Waals surface area contributed by atoms with Crippen LogP contribution < -0.4 is 10.2 Å². The average Bonchev–Trinajstić information content (AvgIpc) is 2.78. The van der Waals surface area contributed by atoms with E-state index in [4.69, 9.17) is 11.6 Å². The molecule has 0 aliphatic carbocycles. The number of aromatic nitrogens is 1. The molecule has 2 aromatic rings. The number of halogens is 1. The standard InChI is InChI=1S/C14H16ClN3O2S/c1-8(2)18(9(3)19)10-4-5-11(15)12(6-10)16-14-17-13(20)7-21-14/h4-8,20H,1-3H3,(H,16,17). The van der Waals surface area contributed by atoms with E-state index in [1.807, 2.05) is 13.8 Å². The Morgan fingerprint density at radius 1 is 1.48 bits per heavy atom. The zero-order valence-corrected chi connectivity index (χ0v) is 13.5. The maximum Gasteiger partial charge on any atom is 0.224 e. The van der Waals surface area contributed by atoms with E-state index in [0.717, 1.165) is 5.69 Å². The third-order valence-corrected chi connectivity index (χ3v) is 3.89. The summed E-state index contributed by atoms with van der Waals surface area (Å²) in [5.41, 5.74) is 1.39. The van der Waals surface area contributed by atoms with Crippen molar-refractivity contribution in [2.24, 2.45) is 0 Å². The lowest BCUT2D eigenvalue weighted by Crippen LogP contribution is -2.35. The van der Waals surface area contributed by atoms with Crippen molar-refractivity contribution in [3.63, 3.8) is 0 Å². The number of benzene rings is 1. The average molecular weight is 326 g/mol. The fourth-order valence-corrected chi connectivity index (χ4v) is 2.79. The Morgan fingerprint density at radius 2 is 2.19 bits per heavy atom. The summed E-state index contributed by atoms with van der Waals surface area (Å²) in [6, 6.07) is 5.36. The molecule has 0 unspecified atom stereocenters. The van der Waals surface area contributed by atoms with Crippen LogP contribution in [-0.2, 0) is 4.79 Å². The highest BCUT2D eigenvalue weighted by Crippen LogP contribution is 2.32. The molecule has 112 valence electrons. The summed E-state index contributed by atoms with van der Waals surface area (Å²) in [4.78, 5) is 17.4. The molecule has 0 aliphatic heterocycles. The second kappa shape index (κ2) is 6.32. The number of anilines is 3. The van der Waals surface area contributed by atoms with Crippen molar-refractivity contribution in [2.75, 3.05) is 10.2 Å². The van der Waals surface area contributed by atoms with Gasteiger partial charge in [-0.05, 0) is 32.0 Å². The lowest BCUT2D eigenvalue weighted by atomic mass is 10.2. The monoisotopic (exact) mass is 325 g/mol. The predicted molar refractivity (Wildman–Crippen MR) is 86.8 cm³/mol. The van der Waals surface area contributed by atoms with Gasteiger partial charge in [-0.1, -0.05) is 11.6 Å². The number of thiazole rings is 1. The molecule has 0 aliphatic rings. The number of rotatable bonds is 4. The Morgan fingerprint density at radius 3 is 2.71 bits per heavy atom. The van der Waals surface area contributed by atoms with Crippen molar-refractivity contribution in [1.29, 1.82) is 0 Å². The molecule has 0 spiro atoms. The first-order valence-corrected chi connectivity index (χ1v) is 7.65. The van der Waals surface area contributed by atoms with E-state index in [-0.39, 0.29) is 17.8 Å². The molecule has 7 heteroatoms. The van der Waals surface area contributed by atoms with E-state index < -0.39 is 0 Å². The molecule has 1 aromatic heterocycles. The molecular weight excluding hydrogens is 310 g/mol. The smallest absolute Gasteiger partial charge is 0.224 e. The van der Waals surface area contributed by atoms with Crippen LogP contribution >= 0.6 is 22.9 Å². The largest absolute Gasteiger partial charge is 0.493 e. The molecule has 1 aromatic carbocycles. The predicted octanol–water partition coefficient (Wildman–Crippen LogP) is 4.01. The second-order valence-corrected chi connectivity index (χ2v) is 6.05. The number of carbonyl (C=O) groups is 1.